The van der Waals surface area contributed by atoms with E-state index in [1.165, 1.54) is 26.4 Å². The number of hydrogen-bond acceptors (Lipinski definition) is 6. The van der Waals surface area contributed by atoms with Gasteiger partial charge in [0.15, 0.2) is 11.5 Å². The lowest BCUT2D eigenvalue weighted by Gasteiger charge is -2.23. The summed E-state index contributed by atoms with van der Waals surface area (Å²) in [7, 11) is 3.02. The zero-order valence-electron chi connectivity index (χ0n) is 19.4. The van der Waals surface area contributed by atoms with Crippen molar-refractivity contribution in [3.05, 3.63) is 65.7 Å². The van der Waals surface area contributed by atoms with Crippen LogP contribution in [-0.2, 0) is 9.53 Å². The summed E-state index contributed by atoms with van der Waals surface area (Å²) >= 11 is 0. The summed E-state index contributed by atoms with van der Waals surface area (Å²) in [5.74, 6) is -1.17. The smallest absolute Gasteiger partial charge is 0.493 e. The zero-order chi connectivity index (χ0) is 25.6. The topological polar surface area (TPSA) is 83.1 Å². The average Bonchev–Trinajstić information content (AvgIpc) is 3.26. The normalized spacial score (nSPS) is 18.0. The van der Waals surface area contributed by atoms with Gasteiger partial charge in [-0.1, -0.05) is 18.2 Å². The second kappa shape index (κ2) is 11.2. The van der Waals surface area contributed by atoms with E-state index in [1.807, 2.05) is 6.08 Å². The van der Waals surface area contributed by atoms with Crippen LogP contribution in [0.1, 0.15) is 35.2 Å². The van der Waals surface area contributed by atoms with Crippen molar-refractivity contribution in [3.63, 3.8) is 0 Å². The van der Waals surface area contributed by atoms with Gasteiger partial charge in [-0.2, -0.15) is 0 Å². The van der Waals surface area contributed by atoms with Crippen molar-refractivity contribution < 1.29 is 41.7 Å². The summed E-state index contributed by atoms with van der Waals surface area (Å²) in [5, 5.41) is 2.83. The van der Waals surface area contributed by atoms with Crippen molar-refractivity contribution in [2.45, 2.75) is 31.7 Å². The molecule has 0 aromatic heterocycles. The maximum absolute atomic E-state index is 12.9. The van der Waals surface area contributed by atoms with E-state index >= 15 is 0 Å². The molecule has 0 saturated heterocycles. The van der Waals surface area contributed by atoms with Gasteiger partial charge in [-0.15, -0.1) is 13.2 Å². The number of carbonyl (C=O) groups is 2. The van der Waals surface area contributed by atoms with Crippen molar-refractivity contribution in [3.8, 4) is 17.2 Å². The Morgan fingerprint density at radius 3 is 2.31 bits per heavy atom. The van der Waals surface area contributed by atoms with Gasteiger partial charge in [-0.05, 0) is 61.2 Å². The molecule has 1 aliphatic rings. The first-order valence-electron chi connectivity index (χ1n) is 10.9. The number of amides is 1. The average molecular weight is 493 g/mol. The Morgan fingerprint density at radius 1 is 1.03 bits per heavy atom. The Bertz CT molecular complexity index is 1070. The highest BCUT2D eigenvalue weighted by atomic mass is 19.4. The van der Waals surface area contributed by atoms with Gasteiger partial charge in [0.05, 0.1) is 26.7 Å². The Labute approximate surface area is 200 Å². The molecule has 2 aromatic rings. The number of carbonyl (C=O) groups excluding carboxylic acids is 2. The molecular weight excluding hydrogens is 467 g/mol. The quantitative estimate of drug-likeness (QED) is 0.405. The molecule has 10 heteroatoms. The van der Waals surface area contributed by atoms with E-state index in [4.69, 9.17) is 14.2 Å². The van der Waals surface area contributed by atoms with Gasteiger partial charge in [0.2, 0.25) is 0 Å². The third kappa shape index (κ3) is 6.68. The molecule has 0 radical (unpaired) electrons. The molecule has 1 N–H and O–H groups in total. The molecule has 188 valence electrons. The Morgan fingerprint density at radius 2 is 1.71 bits per heavy atom. The number of nitrogens with one attached hydrogen (secondary N) is 1. The van der Waals surface area contributed by atoms with Gasteiger partial charge in [0, 0.05) is 11.6 Å². The van der Waals surface area contributed by atoms with Crippen LogP contribution in [0.2, 0.25) is 0 Å². The molecule has 0 aliphatic heterocycles. The van der Waals surface area contributed by atoms with Crippen LogP contribution in [-0.4, -0.2) is 45.1 Å². The largest absolute Gasteiger partial charge is 0.573 e. The standard InChI is InChI=1S/C25H26F3NO6/c1-4-34-24(31)22(17-8-12-20(32-2)21(14-17)33-3)16-5-9-18(13-16)29-23(30)15-6-10-19(11-7-15)35-25(26,27)28/h5-12,14,16,18,22H,4,13H2,1-3H3,(H,29,30)/t16-,18+,22-/m0/s1. The monoisotopic (exact) mass is 493 g/mol. The van der Waals surface area contributed by atoms with Gasteiger partial charge >= 0.3 is 12.3 Å². The van der Waals surface area contributed by atoms with Crippen LogP contribution in [0.25, 0.3) is 0 Å². The highest BCUT2D eigenvalue weighted by Gasteiger charge is 2.35. The van der Waals surface area contributed by atoms with E-state index in [0.717, 1.165) is 12.1 Å². The van der Waals surface area contributed by atoms with Gasteiger partial charge in [-0.3, -0.25) is 9.59 Å². The third-order valence-electron chi connectivity index (χ3n) is 5.52. The lowest BCUT2D eigenvalue weighted by molar-refractivity contribution is -0.274. The second-order valence-corrected chi connectivity index (χ2v) is 7.78. The van der Waals surface area contributed by atoms with Crippen molar-refractivity contribution in [2.24, 2.45) is 5.92 Å². The molecule has 0 spiro atoms. The van der Waals surface area contributed by atoms with E-state index in [0.29, 0.717) is 23.5 Å². The number of halogens is 3. The van der Waals surface area contributed by atoms with E-state index in [-0.39, 0.29) is 24.1 Å². The maximum Gasteiger partial charge on any atom is 0.573 e. The molecule has 0 heterocycles. The molecule has 3 rings (SSSR count). The molecule has 0 bridgehead atoms. The number of esters is 1. The molecule has 3 atom stereocenters. The molecule has 1 amide bonds. The van der Waals surface area contributed by atoms with Crippen LogP contribution in [0.15, 0.2) is 54.6 Å². The van der Waals surface area contributed by atoms with Crippen molar-refractivity contribution in [1.29, 1.82) is 0 Å². The van der Waals surface area contributed by atoms with E-state index in [9.17, 15) is 22.8 Å². The van der Waals surface area contributed by atoms with Gasteiger partial charge in [-0.25, -0.2) is 0 Å². The molecule has 1 aliphatic carbocycles. The first kappa shape index (κ1) is 25.9. The number of rotatable bonds is 9. The van der Waals surface area contributed by atoms with E-state index in [1.54, 1.807) is 31.2 Å². The molecule has 7 nitrogen and oxygen atoms in total. The van der Waals surface area contributed by atoms with Crippen LogP contribution < -0.4 is 19.5 Å². The Hall–Kier alpha value is -3.69. The molecule has 0 unspecified atom stereocenters. The third-order valence-corrected chi connectivity index (χ3v) is 5.52. The first-order valence-corrected chi connectivity index (χ1v) is 10.9. The van der Waals surface area contributed by atoms with E-state index < -0.39 is 29.9 Å². The summed E-state index contributed by atoms with van der Waals surface area (Å²) in [5.41, 5.74) is 0.862. The second-order valence-electron chi connectivity index (χ2n) is 7.78. The minimum absolute atomic E-state index is 0.179. The van der Waals surface area contributed by atoms with Crippen LogP contribution in [0.5, 0.6) is 17.2 Å². The maximum atomic E-state index is 12.9. The first-order chi connectivity index (χ1) is 16.6. The van der Waals surface area contributed by atoms with Crippen LogP contribution in [0.4, 0.5) is 13.2 Å². The highest BCUT2D eigenvalue weighted by Crippen LogP contribution is 2.38. The summed E-state index contributed by atoms with van der Waals surface area (Å²) in [6.07, 6.45) is -0.740. The number of ether oxygens (including phenoxy) is 4. The zero-order valence-corrected chi connectivity index (χ0v) is 19.4. The van der Waals surface area contributed by atoms with Gasteiger partial charge in [0.25, 0.3) is 5.91 Å². The lowest BCUT2D eigenvalue weighted by atomic mass is 9.85. The number of hydrogen-bond donors (Lipinski definition) is 1. The van der Waals surface area contributed by atoms with Crippen molar-refractivity contribution in [1.82, 2.24) is 5.32 Å². The lowest BCUT2D eigenvalue weighted by Crippen LogP contribution is -2.33. The number of allylic oxidation sites excluding steroid dienone is 1. The predicted octanol–water partition coefficient (Wildman–Crippen LogP) is 4.62. The molecule has 0 fully saturated rings. The van der Waals surface area contributed by atoms with Crippen molar-refractivity contribution in [2.75, 3.05) is 20.8 Å². The number of alkyl halides is 3. The molecular formula is C25H26F3NO6. The van der Waals surface area contributed by atoms with Crippen molar-refractivity contribution >= 4 is 11.9 Å². The minimum atomic E-state index is -4.81. The summed E-state index contributed by atoms with van der Waals surface area (Å²) in [6.45, 7) is 1.94. The predicted molar refractivity (Wildman–Crippen MR) is 121 cm³/mol. The Balaban J connectivity index is 1.71. The number of methoxy groups -OCH3 is 2. The van der Waals surface area contributed by atoms with Gasteiger partial charge in [0.1, 0.15) is 5.75 Å². The molecule has 0 saturated carbocycles. The fourth-order valence-electron chi connectivity index (χ4n) is 3.98. The summed E-state index contributed by atoms with van der Waals surface area (Å²) in [6, 6.07) is 9.47. The fraction of sp³-hybridized carbons (Fsp3) is 0.360. The van der Waals surface area contributed by atoms with Crippen LogP contribution in [0, 0.1) is 5.92 Å². The van der Waals surface area contributed by atoms with E-state index in [2.05, 4.69) is 10.1 Å². The SMILES string of the molecule is CCOC(=O)[C@H](c1ccc(OC)c(OC)c1)[C@H]1C=C[C@@H](NC(=O)c2ccc(OC(F)(F)F)cc2)C1. The van der Waals surface area contributed by atoms with Crippen LogP contribution in [0.3, 0.4) is 0 Å². The Kier molecular flexibility index (Phi) is 8.26. The number of benzene rings is 2. The highest BCUT2D eigenvalue weighted by molar-refractivity contribution is 5.94. The molecule has 35 heavy (non-hydrogen) atoms. The van der Waals surface area contributed by atoms with Crippen LogP contribution >= 0.6 is 0 Å². The summed E-state index contributed by atoms with van der Waals surface area (Å²) in [4.78, 5) is 25.5. The minimum Gasteiger partial charge on any atom is -0.493 e. The summed E-state index contributed by atoms with van der Waals surface area (Å²) < 4.78 is 56.7. The fourth-order valence-corrected chi connectivity index (χ4v) is 3.98. The molecule has 2 aromatic carbocycles. The van der Waals surface area contributed by atoms with Gasteiger partial charge < -0.3 is 24.3 Å².